The second-order valence-electron chi connectivity index (χ2n) is 8.87. The smallest absolute Gasteiger partial charge is 0.00155 e. The first-order valence-electron chi connectivity index (χ1n) is 8.15. The summed E-state index contributed by atoms with van der Waals surface area (Å²) in [5.41, 5.74) is 1.97. The molecule has 1 nitrogen and oxygen atoms in total. The maximum Gasteiger partial charge on any atom is 0.00155 e. The SMILES string of the molecule is CNCC1(C23CC4CC(CC(C4)C2)C3)CC1(C)C. The molecule has 5 aliphatic rings. The van der Waals surface area contributed by atoms with Crippen molar-refractivity contribution in [3.05, 3.63) is 0 Å². The lowest BCUT2D eigenvalue weighted by Crippen LogP contribution is -2.53. The zero-order valence-electron chi connectivity index (χ0n) is 12.4. The summed E-state index contributed by atoms with van der Waals surface area (Å²) in [4.78, 5) is 0. The van der Waals surface area contributed by atoms with E-state index in [-0.39, 0.29) is 0 Å². The molecule has 0 spiro atoms. The van der Waals surface area contributed by atoms with Crippen molar-refractivity contribution < 1.29 is 0 Å². The molecule has 5 aliphatic carbocycles. The van der Waals surface area contributed by atoms with Gasteiger partial charge in [0.15, 0.2) is 0 Å². The van der Waals surface area contributed by atoms with Gasteiger partial charge in [0.05, 0.1) is 0 Å². The molecule has 5 fully saturated rings. The van der Waals surface area contributed by atoms with Crippen molar-refractivity contribution in [2.24, 2.45) is 34.0 Å². The molecule has 0 amide bonds. The van der Waals surface area contributed by atoms with Gasteiger partial charge in [0.1, 0.15) is 0 Å². The molecule has 0 radical (unpaired) electrons. The Bertz CT molecular complexity index is 335. The highest BCUT2D eigenvalue weighted by molar-refractivity contribution is 5.22. The summed E-state index contributed by atoms with van der Waals surface area (Å²) < 4.78 is 0. The topological polar surface area (TPSA) is 12.0 Å². The molecule has 1 atom stereocenters. The van der Waals surface area contributed by atoms with Crippen molar-refractivity contribution in [3.8, 4) is 0 Å². The normalized spacial score (nSPS) is 55.8. The molecule has 5 saturated carbocycles. The second-order valence-corrected chi connectivity index (χ2v) is 8.87. The molecule has 0 aromatic carbocycles. The van der Waals surface area contributed by atoms with E-state index in [0.29, 0.717) is 10.8 Å². The fraction of sp³-hybridized carbons (Fsp3) is 1.00. The quantitative estimate of drug-likeness (QED) is 0.799. The minimum atomic E-state index is 0.599. The van der Waals surface area contributed by atoms with Crippen molar-refractivity contribution in [3.63, 3.8) is 0 Å². The van der Waals surface area contributed by atoms with E-state index < -0.39 is 0 Å². The number of hydrogen-bond acceptors (Lipinski definition) is 1. The minimum Gasteiger partial charge on any atom is -0.319 e. The third-order valence-electron chi connectivity index (χ3n) is 7.45. The van der Waals surface area contributed by atoms with Crippen molar-refractivity contribution in [1.82, 2.24) is 5.32 Å². The fourth-order valence-electron chi connectivity index (χ4n) is 7.10. The van der Waals surface area contributed by atoms with Crippen LogP contribution in [0.1, 0.15) is 58.8 Å². The van der Waals surface area contributed by atoms with Gasteiger partial charge in [-0.1, -0.05) is 13.8 Å². The second kappa shape index (κ2) is 3.34. The Morgan fingerprint density at radius 3 is 1.72 bits per heavy atom. The van der Waals surface area contributed by atoms with Crippen LogP contribution in [0, 0.1) is 34.0 Å². The van der Waals surface area contributed by atoms with E-state index in [4.69, 9.17) is 0 Å². The molecule has 1 unspecified atom stereocenters. The van der Waals surface area contributed by atoms with Gasteiger partial charge in [0, 0.05) is 6.54 Å². The summed E-state index contributed by atoms with van der Waals surface area (Å²) >= 11 is 0. The molecule has 0 aromatic rings. The van der Waals surface area contributed by atoms with Gasteiger partial charge in [0.2, 0.25) is 0 Å². The minimum absolute atomic E-state index is 0.599. The van der Waals surface area contributed by atoms with Crippen LogP contribution in [-0.4, -0.2) is 13.6 Å². The van der Waals surface area contributed by atoms with Crippen molar-refractivity contribution in [1.29, 1.82) is 0 Å². The first kappa shape index (κ1) is 11.8. The number of rotatable bonds is 3. The van der Waals surface area contributed by atoms with Gasteiger partial charge in [-0.2, -0.15) is 0 Å². The zero-order chi connectivity index (χ0) is 12.6. The van der Waals surface area contributed by atoms with Crippen LogP contribution >= 0.6 is 0 Å². The predicted octanol–water partition coefficient (Wildman–Crippen LogP) is 3.84. The summed E-state index contributed by atoms with van der Waals surface area (Å²) in [6.07, 6.45) is 10.9. The van der Waals surface area contributed by atoms with Crippen molar-refractivity contribution >= 4 is 0 Å². The monoisotopic (exact) mass is 247 g/mol. The van der Waals surface area contributed by atoms with E-state index >= 15 is 0 Å². The molecule has 4 bridgehead atoms. The largest absolute Gasteiger partial charge is 0.319 e. The summed E-state index contributed by atoms with van der Waals surface area (Å²) in [6, 6.07) is 0. The first-order chi connectivity index (χ1) is 8.50. The van der Waals surface area contributed by atoms with Gasteiger partial charge in [-0.15, -0.1) is 0 Å². The van der Waals surface area contributed by atoms with Crippen molar-refractivity contribution in [2.75, 3.05) is 13.6 Å². The van der Waals surface area contributed by atoms with E-state index in [1.54, 1.807) is 38.5 Å². The molecule has 0 heterocycles. The zero-order valence-corrected chi connectivity index (χ0v) is 12.4. The fourth-order valence-corrected chi connectivity index (χ4v) is 7.10. The maximum atomic E-state index is 3.55. The van der Waals surface area contributed by atoms with Crippen LogP contribution < -0.4 is 5.32 Å². The van der Waals surface area contributed by atoms with E-state index in [9.17, 15) is 0 Å². The van der Waals surface area contributed by atoms with Gasteiger partial charge in [0.25, 0.3) is 0 Å². The lowest BCUT2D eigenvalue weighted by Gasteiger charge is -2.61. The summed E-state index contributed by atoms with van der Waals surface area (Å²) in [5, 5.41) is 3.55. The van der Waals surface area contributed by atoms with Crippen LogP contribution in [-0.2, 0) is 0 Å². The molecule has 18 heavy (non-hydrogen) atoms. The van der Waals surface area contributed by atoms with Crippen LogP contribution in [0.3, 0.4) is 0 Å². The predicted molar refractivity (Wildman–Crippen MR) is 75.4 cm³/mol. The Labute approximate surface area is 112 Å². The summed E-state index contributed by atoms with van der Waals surface area (Å²) in [5.74, 6) is 3.30. The Morgan fingerprint density at radius 2 is 1.39 bits per heavy atom. The standard InChI is InChI=1S/C17H29N/c1-15(2)10-17(15,11-18-3)16-7-12-4-13(8-16)6-14(5-12)9-16/h12-14,18H,4-11H2,1-3H3. The van der Waals surface area contributed by atoms with Crippen molar-refractivity contribution in [2.45, 2.75) is 58.8 Å². The molecule has 5 rings (SSSR count). The molecular formula is C17H29N. The van der Waals surface area contributed by atoms with Crippen LogP contribution in [0.5, 0.6) is 0 Å². The first-order valence-corrected chi connectivity index (χ1v) is 8.15. The molecule has 0 saturated heterocycles. The Balaban J connectivity index is 1.71. The highest BCUT2D eigenvalue weighted by atomic mass is 14.9. The van der Waals surface area contributed by atoms with E-state index in [2.05, 4.69) is 26.2 Å². The third-order valence-corrected chi connectivity index (χ3v) is 7.45. The Hall–Kier alpha value is -0.0400. The van der Waals surface area contributed by atoms with E-state index in [1.165, 1.54) is 13.0 Å². The van der Waals surface area contributed by atoms with Gasteiger partial charge in [-0.3, -0.25) is 0 Å². The Morgan fingerprint density at radius 1 is 0.944 bits per heavy atom. The Kier molecular flexibility index (Phi) is 2.18. The van der Waals surface area contributed by atoms with Gasteiger partial charge >= 0.3 is 0 Å². The average molecular weight is 247 g/mol. The summed E-state index contributed by atoms with van der Waals surface area (Å²) in [7, 11) is 2.16. The lowest BCUT2D eigenvalue weighted by molar-refractivity contribution is -0.106. The van der Waals surface area contributed by atoms with Gasteiger partial charge in [-0.05, 0) is 86.0 Å². The number of hydrogen-bond donors (Lipinski definition) is 1. The van der Waals surface area contributed by atoms with Crippen LogP contribution in [0.15, 0.2) is 0 Å². The molecule has 0 aliphatic heterocycles. The van der Waals surface area contributed by atoms with E-state index in [1.807, 2.05) is 0 Å². The van der Waals surface area contributed by atoms with Crippen LogP contribution in [0.4, 0.5) is 0 Å². The van der Waals surface area contributed by atoms with Crippen LogP contribution in [0.25, 0.3) is 0 Å². The molecule has 1 heteroatoms. The highest BCUT2D eigenvalue weighted by Crippen LogP contribution is 2.79. The maximum absolute atomic E-state index is 3.55. The van der Waals surface area contributed by atoms with Gasteiger partial charge < -0.3 is 5.32 Å². The highest BCUT2D eigenvalue weighted by Gasteiger charge is 2.72. The molecule has 0 aromatic heterocycles. The van der Waals surface area contributed by atoms with E-state index in [0.717, 1.165) is 23.2 Å². The third kappa shape index (κ3) is 1.27. The lowest BCUT2D eigenvalue weighted by atomic mass is 9.44. The molecule has 1 N–H and O–H groups in total. The molecular weight excluding hydrogens is 218 g/mol. The van der Waals surface area contributed by atoms with Gasteiger partial charge in [-0.25, -0.2) is 0 Å². The van der Waals surface area contributed by atoms with Crippen LogP contribution in [0.2, 0.25) is 0 Å². The number of nitrogens with one attached hydrogen (secondary N) is 1. The molecule has 102 valence electrons. The summed E-state index contributed by atoms with van der Waals surface area (Å²) in [6.45, 7) is 6.33. The average Bonchev–Trinajstić information content (AvgIpc) is 2.81.